The van der Waals surface area contributed by atoms with Crippen molar-refractivity contribution in [3.63, 3.8) is 0 Å². The maximum Gasteiger partial charge on any atom is 0.242 e. The van der Waals surface area contributed by atoms with Crippen molar-refractivity contribution in [2.24, 2.45) is 0 Å². The van der Waals surface area contributed by atoms with E-state index in [1.807, 2.05) is 6.07 Å². The fraction of sp³-hybridized carbons (Fsp3) is 0.440. The normalized spacial score (nSPS) is 11.8. The third-order valence-corrected chi connectivity index (χ3v) is 6.13. The van der Waals surface area contributed by atoms with Crippen molar-refractivity contribution in [2.75, 3.05) is 6.54 Å². The summed E-state index contributed by atoms with van der Waals surface area (Å²) in [4.78, 5) is 27.5. The van der Waals surface area contributed by atoms with Gasteiger partial charge in [-0.2, -0.15) is 0 Å². The number of carbonyl (C=O) groups is 2. The lowest BCUT2D eigenvalue weighted by Crippen LogP contribution is -2.47. The first kappa shape index (κ1) is 25.2. The Balaban J connectivity index is 2.12. The Labute approximate surface area is 195 Å². The molecule has 2 aromatic carbocycles. The minimum atomic E-state index is -0.582. The molecule has 0 fully saturated rings. The van der Waals surface area contributed by atoms with Crippen LogP contribution in [0.3, 0.4) is 0 Å². The number of hydrogen-bond acceptors (Lipinski definition) is 2. The van der Waals surface area contributed by atoms with Crippen LogP contribution in [0, 0.1) is 0 Å². The minimum absolute atomic E-state index is 0.0659. The highest BCUT2D eigenvalue weighted by atomic mass is 35.5. The van der Waals surface area contributed by atoms with E-state index in [9.17, 15) is 9.59 Å². The van der Waals surface area contributed by atoms with Crippen LogP contribution >= 0.6 is 23.2 Å². The van der Waals surface area contributed by atoms with Gasteiger partial charge in [-0.3, -0.25) is 9.59 Å². The molecule has 0 saturated heterocycles. The Morgan fingerprint density at radius 2 is 1.61 bits per heavy atom. The van der Waals surface area contributed by atoms with E-state index < -0.39 is 6.04 Å². The number of halogens is 2. The van der Waals surface area contributed by atoms with Gasteiger partial charge in [0.25, 0.3) is 0 Å². The average molecular weight is 463 g/mol. The molecule has 168 valence electrons. The van der Waals surface area contributed by atoms with Gasteiger partial charge in [-0.05, 0) is 55.0 Å². The van der Waals surface area contributed by atoms with Crippen molar-refractivity contribution in [1.82, 2.24) is 10.2 Å². The quantitative estimate of drug-likeness (QED) is 0.427. The molecule has 0 spiro atoms. The number of amides is 2. The Kier molecular flexibility index (Phi) is 10.4. The molecule has 6 heteroatoms. The number of nitrogens with one attached hydrogen (secondary N) is 1. The first-order chi connectivity index (χ1) is 14.8. The van der Waals surface area contributed by atoms with Crippen LogP contribution in [0.15, 0.2) is 42.5 Å². The molecular formula is C25H32Cl2N2O2. The van der Waals surface area contributed by atoms with E-state index in [4.69, 9.17) is 23.2 Å². The van der Waals surface area contributed by atoms with Gasteiger partial charge in [-0.25, -0.2) is 0 Å². The summed E-state index contributed by atoms with van der Waals surface area (Å²) in [6.07, 6.45) is 3.86. The van der Waals surface area contributed by atoms with Crippen LogP contribution in [0.25, 0.3) is 0 Å². The van der Waals surface area contributed by atoms with Crippen LogP contribution in [-0.4, -0.2) is 29.3 Å². The molecule has 0 aliphatic carbocycles. The molecule has 0 bridgehead atoms. The molecule has 0 aliphatic rings. The molecule has 2 amide bonds. The van der Waals surface area contributed by atoms with Crippen LogP contribution in [0.4, 0.5) is 0 Å². The summed E-state index contributed by atoms with van der Waals surface area (Å²) >= 11 is 12.2. The molecule has 0 aromatic heterocycles. The van der Waals surface area contributed by atoms with Gasteiger partial charge < -0.3 is 10.2 Å². The third kappa shape index (κ3) is 7.86. The summed E-state index contributed by atoms with van der Waals surface area (Å²) in [5, 5.41) is 3.83. The van der Waals surface area contributed by atoms with E-state index in [0.29, 0.717) is 36.0 Å². The lowest BCUT2D eigenvalue weighted by atomic mass is 10.0. The van der Waals surface area contributed by atoms with E-state index in [-0.39, 0.29) is 11.8 Å². The lowest BCUT2D eigenvalue weighted by molar-refractivity contribution is -0.140. The lowest BCUT2D eigenvalue weighted by Gasteiger charge is -2.29. The van der Waals surface area contributed by atoms with E-state index >= 15 is 0 Å². The monoisotopic (exact) mass is 462 g/mol. The van der Waals surface area contributed by atoms with Gasteiger partial charge in [0.1, 0.15) is 6.04 Å². The van der Waals surface area contributed by atoms with Gasteiger partial charge >= 0.3 is 0 Å². The molecule has 4 nitrogen and oxygen atoms in total. The van der Waals surface area contributed by atoms with Gasteiger partial charge in [0.15, 0.2) is 0 Å². The van der Waals surface area contributed by atoms with Crippen molar-refractivity contribution in [3.05, 3.63) is 69.2 Å². The fourth-order valence-corrected chi connectivity index (χ4v) is 3.61. The van der Waals surface area contributed by atoms with Crippen molar-refractivity contribution >= 4 is 35.0 Å². The van der Waals surface area contributed by atoms with Crippen LogP contribution in [0.1, 0.15) is 56.7 Å². The summed E-state index contributed by atoms with van der Waals surface area (Å²) in [6.45, 7) is 6.87. The number of hydrogen-bond donors (Lipinski definition) is 1. The molecule has 0 heterocycles. The average Bonchev–Trinajstić information content (AvgIpc) is 2.78. The zero-order chi connectivity index (χ0) is 22.8. The first-order valence-electron chi connectivity index (χ1n) is 10.9. The summed E-state index contributed by atoms with van der Waals surface area (Å²) in [5.74, 6) is -0.210. The largest absolute Gasteiger partial charge is 0.354 e. The van der Waals surface area contributed by atoms with Gasteiger partial charge in [0.2, 0.25) is 11.8 Å². The molecular weight excluding hydrogens is 431 g/mol. The van der Waals surface area contributed by atoms with Crippen molar-refractivity contribution in [1.29, 1.82) is 0 Å². The van der Waals surface area contributed by atoms with Crippen LogP contribution in [0.5, 0.6) is 0 Å². The maximum absolute atomic E-state index is 13.2. The molecule has 1 N–H and O–H groups in total. The minimum Gasteiger partial charge on any atom is -0.354 e. The molecule has 2 aromatic rings. The van der Waals surface area contributed by atoms with Crippen LogP contribution in [-0.2, 0) is 29.0 Å². The number of rotatable bonds is 11. The highest BCUT2D eigenvalue weighted by Gasteiger charge is 2.26. The summed E-state index contributed by atoms with van der Waals surface area (Å²) in [7, 11) is 0. The van der Waals surface area contributed by atoms with E-state index in [2.05, 4.69) is 43.4 Å². The van der Waals surface area contributed by atoms with Crippen molar-refractivity contribution < 1.29 is 9.59 Å². The third-order valence-electron chi connectivity index (χ3n) is 5.39. The number of unbranched alkanes of at least 4 members (excludes halogenated alkanes) is 1. The molecule has 2 rings (SSSR count). The van der Waals surface area contributed by atoms with Gasteiger partial charge in [0, 0.05) is 19.5 Å². The summed E-state index contributed by atoms with van der Waals surface area (Å²) in [5.41, 5.74) is 3.22. The summed E-state index contributed by atoms with van der Waals surface area (Å²) < 4.78 is 0. The predicted octanol–water partition coefficient (Wildman–Crippen LogP) is 5.82. The molecule has 0 aliphatic heterocycles. The van der Waals surface area contributed by atoms with Crippen molar-refractivity contribution in [2.45, 2.75) is 65.5 Å². The molecule has 0 saturated carbocycles. The van der Waals surface area contributed by atoms with Gasteiger partial charge in [0.05, 0.1) is 10.0 Å². The Morgan fingerprint density at radius 3 is 2.23 bits per heavy atom. The Morgan fingerprint density at radius 1 is 0.968 bits per heavy atom. The highest BCUT2D eigenvalue weighted by Crippen LogP contribution is 2.24. The zero-order valence-electron chi connectivity index (χ0n) is 18.6. The number of carbonyl (C=O) groups excluding carboxylic acids is 2. The Bertz CT molecular complexity index is 868. The second kappa shape index (κ2) is 12.7. The van der Waals surface area contributed by atoms with E-state index in [1.165, 1.54) is 5.56 Å². The molecule has 31 heavy (non-hydrogen) atoms. The van der Waals surface area contributed by atoms with Crippen LogP contribution in [0.2, 0.25) is 10.0 Å². The second-order valence-corrected chi connectivity index (χ2v) is 8.58. The smallest absolute Gasteiger partial charge is 0.242 e. The van der Waals surface area contributed by atoms with Crippen LogP contribution < -0.4 is 5.32 Å². The standard InChI is InChI=1S/C25H32Cl2N2O2/c1-4-6-15-28-25(31)18(3)29(17-21-11-13-22(26)23(27)16-21)24(30)14-12-20-9-7-19(5-2)8-10-20/h7-11,13,16,18H,4-6,12,14-15,17H2,1-3H3,(H,28,31). The van der Waals surface area contributed by atoms with Gasteiger partial charge in [-0.15, -0.1) is 0 Å². The first-order valence-corrected chi connectivity index (χ1v) is 11.7. The molecule has 1 atom stereocenters. The highest BCUT2D eigenvalue weighted by molar-refractivity contribution is 6.42. The fourth-order valence-electron chi connectivity index (χ4n) is 3.29. The molecule has 0 radical (unpaired) electrons. The maximum atomic E-state index is 13.2. The SMILES string of the molecule is CCCCNC(=O)C(C)N(Cc1ccc(Cl)c(Cl)c1)C(=O)CCc1ccc(CC)cc1. The second-order valence-electron chi connectivity index (χ2n) is 7.76. The Hall–Kier alpha value is -2.04. The van der Waals surface area contributed by atoms with E-state index in [0.717, 1.165) is 30.4 Å². The number of aryl methyl sites for hydroxylation is 2. The topological polar surface area (TPSA) is 49.4 Å². The zero-order valence-corrected chi connectivity index (χ0v) is 20.1. The van der Waals surface area contributed by atoms with Gasteiger partial charge in [-0.1, -0.05) is 73.8 Å². The summed E-state index contributed by atoms with van der Waals surface area (Å²) in [6, 6.07) is 13.0. The number of benzene rings is 2. The molecule has 1 unspecified atom stereocenters. The number of nitrogens with zero attached hydrogens (tertiary/aromatic N) is 1. The van der Waals surface area contributed by atoms with Crippen molar-refractivity contribution in [3.8, 4) is 0 Å². The predicted molar refractivity (Wildman–Crippen MR) is 129 cm³/mol. The van der Waals surface area contributed by atoms with E-state index in [1.54, 1.807) is 24.0 Å².